The Labute approximate surface area is 162 Å². The number of esters is 1. The molecule has 4 aliphatic carbocycles. The fourth-order valence-electron chi connectivity index (χ4n) is 8.04. The van der Waals surface area contributed by atoms with Crippen molar-refractivity contribution in [2.75, 3.05) is 0 Å². The van der Waals surface area contributed by atoms with Crippen LogP contribution < -0.4 is 0 Å². The van der Waals surface area contributed by atoms with E-state index in [1.165, 1.54) is 6.92 Å². The summed E-state index contributed by atoms with van der Waals surface area (Å²) in [5.74, 6) is 2.11. The predicted molar refractivity (Wildman–Crippen MR) is 102 cm³/mol. The van der Waals surface area contributed by atoms with Crippen LogP contribution in [0.25, 0.3) is 0 Å². The van der Waals surface area contributed by atoms with Gasteiger partial charge in [-0.2, -0.15) is 0 Å². The van der Waals surface area contributed by atoms with Crippen LogP contribution in [0.4, 0.5) is 0 Å². The lowest BCUT2D eigenvalue weighted by atomic mass is 9.44. The zero-order valence-electron chi connectivity index (χ0n) is 17.3. The van der Waals surface area contributed by atoms with Crippen molar-refractivity contribution in [2.45, 2.75) is 85.2 Å². The molecule has 0 saturated heterocycles. The van der Waals surface area contributed by atoms with E-state index in [0.717, 1.165) is 44.9 Å². The Morgan fingerprint density at radius 3 is 2.41 bits per heavy atom. The average molecular weight is 375 g/mol. The first-order valence-corrected chi connectivity index (χ1v) is 10.9. The molecule has 27 heavy (non-hydrogen) atoms. The van der Waals surface area contributed by atoms with E-state index in [2.05, 4.69) is 13.8 Å². The van der Waals surface area contributed by atoms with Crippen LogP contribution in [-0.4, -0.2) is 23.6 Å². The van der Waals surface area contributed by atoms with Crippen LogP contribution in [0.2, 0.25) is 0 Å². The maximum Gasteiger partial charge on any atom is 0.302 e. The number of ether oxygens (including phenoxy) is 1. The third-order valence-corrected chi connectivity index (χ3v) is 9.12. The smallest absolute Gasteiger partial charge is 0.302 e. The third-order valence-electron chi connectivity index (χ3n) is 9.12. The number of ketones is 2. The maximum absolute atomic E-state index is 13.5. The molecular weight excluding hydrogens is 340 g/mol. The number of rotatable bonds is 2. The van der Waals surface area contributed by atoms with Crippen LogP contribution in [0.15, 0.2) is 0 Å². The van der Waals surface area contributed by atoms with E-state index in [1.807, 2.05) is 0 Å². The van der Waals surface area contributed by atoms with E-state index < -0.39 is 0 Å². The van der Waals surface area contributed by atoms with Crippen LogP contribution in [0, 0.1) is 40.4 Å². The largest absolute Gasteiger partial charge is 0.463 e. The van der Waals surface area contributed by atoms with E-state index >= 15 is 0 Å². The van der Waals surface area contributed by atoms with Crippen molar-refractivity contribution in [2.24, 2.45) is 40.4 Å². The van der Waals surface area contributed by atoms with Gasteiger partial charge < -0.3 is 4.74 Å². The number of carbonyl (C=O) groups excluding carboxylic acids is 3. The van der Waals surface area contributed by atoms with Gasteiger partial charge in [0, 0.05) is 25.2 Å². The number of hydrogen-bond acceptors (Lipinski definition) is 4. The molecule has 0 N–H and O–H groups in total. The van der Waals surface area contributed by atoms with E-state index in [9.17, 15) is 14.4 Å². The predicted octanol–water partition coefficient (Wildman–Crippen LogP) is 4.35. The topological polar surface area (TPSA) is 60.4 Å². The molecule has 0 heterocycles. The summed E-state index contributed by atoms with van der Waals surface area (Å²) in [5, 5.41) is 0. The molecule has 0 bridgehead atoms. The highest BCUT2D eigenvalue weighted by molar-refractivity contribution is 5.87. The highest BCUT2D eigenvalue weighted by atomic mass is 16.5. The molecular formula is C23H34O4. The monoisotopic (exact) mass is 374 g/mol. The number of Topliss-reactive ketones (excluding diaryl/α,β-unsaturated/α-hetero) is 2. The highest BCUT2D eigenvalue weighted by Crippen LogP contribution is 2.66. The molecule has 4 nitrogen and oxygen atoms in total. The van der Waals surface area contributed by atoms with E-state index in [0.29, 0.717) is 30.0 Å². The maximum atomic E-state index is 13.5. The van der Waals surface area contributed by atoms with Gasteiger partial charge in [-0.3, -0.25) is 14.4 Å². The molecule has 150 valence electrons. The first kappa shape index (κ1) is 19.1. The van der Waals surface area contributed by atoms with Gasteiger partial charge in [-0.15, -0.1) is 0 Å². The molecule has 8 atom stereocenters. The SMILES string of the molecule is CC(=O)O[C@H]1CC[C@@]2(C)C(CCC3C2C(=O)C[C@@]2(C)C3CC[C@@H]2C(C)=O)C1. The van der Waals surface area contributed by atoms with Crippen molar-refractivity contribution in [1.29, 1.82) is 0 Å². The number of hydrogen-bond donors (Lipinski definition) is 0. The summed E-state index contributed by atoms with van der Waals surface area (Å²) in [6.07, 6.45) is 7.64. The summed E-state index contributed by atoms with van der Waals surface area (Å²) >= 11 is 0. The van der Waals surface area contributed by atoms with E-state index in [-0.39, 0.29) is 40.5 Å². The molecule has 4 fully saturated rings. The summed E-state index contributed by atoms with van der Waals surface area (Å²) < 4.78 is 5.51. The minimum atomic E-state index is -0.192. The van der Waals surface area contributed by atoms with Crippen LogP contribution in [0.1, 0.15) is 79.1 Å². The lowest BCUT2D eigenvalue weighted by Gasteiger charge is -2.59. The Bertz CT molecular complexity index is 669. The minimum absolute atomic E-state index is 0.0228. The average Bonchev–Trinajstić information content (AvgIpc) is 2.91. The fourth-order valence-corrected chi connectivity index (χ4v) is 8.04. The van der Waals surface area contributed by atoms with Crippen LogP contribution in [0.3, 0.4) is 0 Å². The van der Waals surface area contributed by atoms with Crippen molar-refractivity contribution in [3.05, 3.63) is 0 Å². The summed E-state index contributed by atoms with van der Waals surface area (Å²) in [5.41, 5.74) is -0.0888. The summed E-state index contributed by atoms with van der Waals surface area (Å²) in [6, 6.07) is 0. The van der Waals surface area contributed by atoms with Crippen molar-refractivity contribution in [3.8, 4) is 0 Å². The van der Waals surface area contributed by atoms with Crippen LogP contribution in [-0.2, 0) is 19.1 Å². The Kier molecular flexibility index (Phi) is 4.55. The number of carbonyl (C=O) groups is 3. The molecule has 0 aromatic heterocycles. The van der Waals surface area contributed by atoms with Gasteiger partial charge in [0.1, 0.15) is 17.7 Å². The van der Waals surface area contributed by atoms with Gasteiger partial charge in [-0.1, -0.05) is 13.8 Å². The molecule has 4 heteroatoms. The van der Waals surface area contributed by atoms with Crippen LogP contribution in [0.5, 0.6) is 0 Å². The molecule has 0 aromatic carbocycles. The first-order valence-electron chi connectivity index (χ1n) is 10.9. The quantitative estimate of drug-likeness (QED) is 0.675. The summed E-state index contributed by atoms with van der Waals surface area (Å²) in [4.78, 5) is 37.1. The van der Waals surface area contributed by atoms with Gasteiger partial charge in [-0.25, -0.2) is 0 Å². The summed E-state index contributed by atoms with van der Waals surface area (Å²) in [7, 11) is 0. The first-order chi connectivity index (χ1) is 12.7. The fraction of sp³-hybridized carbons (Fsp3) is 0.870. The molecule has 0 amide bonds. The molecule has 0 aromatic rings. The Hall–Kier alpha value is -1.19. The van der Waals surface area contributed by atoms with Gasteiger partial charge in [0.15, 0.2) is 0 Å². The van der Waals surface area contributed by atoms with E-state index in [4.69, 9.17) is 4.74 Å². The van der Waals surface area contributed by atoms with Gasteiger partial charge in [0.25, 0.3) is 0 Å². The zero-order valence-corrected chi connectivity index (χ0v) is 17.3. The second-order valence-electron chi connectivity index (χ2n) is 10.4. The molecule has 4 rings (SSSR count). The molecule has 4 aliphatic rings. The van der Waals surface area contributed by atoms with Crippen LogP contribution >= 0.6 is 0 Å². The Morgan fingerprint density at radius 2 is 1.74 bits per heavy atom. The highest BCUT2D eigenvalue weighted by Gasteiger charge is 2.63. The van der Waals surface area contributed by atoms with Crippen molar-refractivity contribution in [3.63, 3.8) is 0 Å². The second kappa shape index (κ2) is 6.42. The summed E-state index contributed by atoms with van der Waals surface area (Å²) in [6.45, 7) is 7.75. The molecule has 0 spiro atoms. The lowest BCUT2D eigenvalue weighted by Crippen LogP contribution is -2.58. The van der Waals surface area contributed by atoms with Gasteiger partial charge in [-0.05, 0) is 80.5 Å². The standard InChI is InChI=1S/C23H34O4/c1-13(24)18-7-8-19-17-6-5-15-11-16(27-14(2)25)9-10-22(15,3)21(17)20(26)12-23(18,19)4/h15-19,21H,5-12H2,1-4H3/t15?,16-,17?,18+,19?,21?,22-,23+/m0/s1. The van der Waals surface area contributed by atoms with Crippen molar-refractivity contribution < 1.29 is 19.1 Å². The Morgan fingerprint density at radius 1 is 1.00 bits per heavy atom. The lowest BCUT2D eigenvalue weighted by molar-refractivity contribution is -0.169. The molecule has 4 unspecified atom stereocenters. The molecule has 4 saturated carbocycles. The van der Waals surface area contributed by atoms with Crippen molar-refractivity contribution >= 4 is 17.5 Å². The van der Waals surface area contributed by atoms with Gasteiger partial charge >= 0.3 is 5.97 Å². The molecule has 0 radical (unpaired) electrons. The minimum Gasteiger partial charge on any atom is -0.463 e. The van der Waals surface area contributed by atoms with E-state index in [1.54, 1.807) is 6.92 Å². The zero-order chi connectivity index (χ0) is 19.6. The number of fused-ring (bicyclic) bond motifs is 5. The normalized spacial score (nSPS) is 49.0. The third kappa shape index (κ3) is 2.81. The van der Waals surface area contributed by atoms with Gasteiger partial charge in [0.2, 0.25) is 0 Å². The van der Waals surface area contributed by atoms with Crippen molar-refractivity contribution in [1.82, 2.24) is 0 Å². The van der Waals surface area contributed by atoms with Gasteiger partial charge in [0.05, 0.1) is 0 Å². The molecule has 0 aliphatic heterocycles. The Balaban J connectivity index is 1.60. The second-order valence-corrected chi connectivity index (χ2v) is 10.4.